The molecule has 0 aliphatic heterocycles. The van der Waals surface area contributed by atoms with Gasteiger partial charge in [-0.3, -0.25) is 19.2 Å². The summed E-state index contributed by atoms with van der Waals surface area (Å²) in [5.74, 6) is 1.34. The van der Waals surface area contributed by atoms with Crippen LogP contribution in [0.25, 0.3) is 0 Å². The molecule has 0 aromatic heterocycles. The quantitative estimate of drug-likeness (QED) is 0.154. The molecule has 6 rings (SSSR count). The molecule has 0 fully saturated rings. The van der Waals surface area contributed by atoms with Crippen molar-refractivity contribution in [2.45, 2.75) is 64.3 Å². The van der Waals surface area contributed by atoms with E-state index < -0.39 is 0 Å². The van der Waals surface area contributed by atoms with Crippen LogP contribution < -0.4 is 4.74 Å². The minimum Gasteiger partial charge on any atom is -0.508 e. The van der Waals surface area contributed by atoms with Crippen LogP contribution in [0, 0.1) is 0 Å². The van der Waals surface area contributed by atoms with Crippen molar-refractivity contribution in [2.24, 2.45) is 0 Å². The molecule has 0 radical (unpaired) electrons. The largest absolute Gasteiger partial charge is 0.508 e. The number of halogens is 3. The third kappa shape index (κ3) is 10.0. The Morgan fingerprint density at radius 3 is 1.74 bits per heavy atom. The maximum absolute atomic E-state index is 12.0. The topological polar surface area (TPSA) is 97.7 Å². The summed E-state index contributed by atoms with van der Waals surface area (Å²) in [5.41, 5.74) is 7.09. The van der Waals surface area contributed by atoms with E-state index in [9.17, 15) is 19.2 Å². The number of hydrogen-bond acceptors (Lipinski definition) is 6. The molecule has 0 unspecified atom stereocenters. The van der Waals surface area contributed by atoms with Gasteiger partial charge in [0.05, 0.1) is 0 Å². The van der Waals surface area contributed by atoms with Crippen LogP contribution in [0.1, 0.15) is 103 Å². The fraction of sp³-hybridized carbons (Fsp3) is 0.263. The number of aryl methyl sites for hydroxylation is 2. The van der Waals surface area contributed by atoms with Gasteiger partial charge in [-0.15, -0.1) is 0 Å². The second-order valence-corrected chi connectivity index (χ2v) is 13.6. The Morgan fingerprint density at radius 1 is 0.681 bits per heavy atom. The Bertz CT molecular complexity index is 1810. The highest BCUT2D eigenvalue weighted by Crippen LogP contribution is 2.28. The number of aromatic hydroxyl groups is 1. The first-order chi connectivity index (χ1) is 22.5. The molecule has 0 saturated heterocycles. The summed E-state index contributed by atoms with van der Waals surface area (Å²) in [5, 5.41) is 9.91. The Balaban J connectivity index is 0.000000176. The molecule has 0 heterocycles. The molecule has 6 nitrogen and oxygen atoms in total. The van der Waals surface area contributed by atoms with Crippen molar-refractivity contribution in [1.29, 1.82) is 0 Å². The maximum Gasteiger partial charge on any atom is 0.163 e. The molecule has 4 aromatic carbocycles. The van der Waals surface area contributed by atoms with Gasteiger partial charge in [0, 0.05) is 54.9 Å². The standard InChI is InChI=1S/C19H17BrO3.C10H10O2.C9H8Br2O/c1-12(21)14-6-8-18(20)15(9-14)11-23-16-7-5-13-3-2-4-19(22)17(13)10-16;11-8-5-4-7-2-1-3-10(12)9(7)6-8;1-6(12)7-2-3-9(11)8(4-7)5-10/h5-10H,2-4,11H2,1H3;4-6,11H,1-3H2;2-4H,5H2,1H3. The van der Waals surface area contributed by atoms with Crippen molar-refractivity contribution in [3.8, 4) is 11.5 Å². The highest BCUT2D eigenvalue weighted by atomic mass is 79.9. The van der Waals surface area contributed by atoms with Crippen LogP contribution in [0.4, 0.5) is 0 Å². The minimum absolute atomic E-state index is 0.0260. The fourth-order valence-corrected chi connectivity index (χ4v) is 6.86. The van der Waals surface area contributed by atoms with Crippen LogP contribution in [0.5, 0.6) is 11.5 Å². The molecular formula is C38H35Br3O6. The van der Waals surface area contributed by atoms with Crippen LogP contribution in [0.3, 0.4) is 0 Å². The van der Waals surface area contributed by atoms with E-state index >= 15 is 0 Å². The molecule has 0 saturated carbocycles. The number of fused-ring (bicyclic) bond motifs is 2. The summed E-state index contributed by atoms with van der Waals surface area (Å²) in [6, 6.07) is 21.8. The van der Waals surface area contributed by atoms with E-state index in [2.05, 4.69) is 47.8 Å². The lowest BCUT2D eigenvalue weighted by atomic mass is 9.90. The summed E-state index contributed by atoms with van der Waals surface area (Å²) in [7, 11) is 0. The number of carbonyl (C=O) groups is 4. The average molecular weight is 827 g/mol. The zero-order valence-corrected chi connectivity index (χ0v) is 31.0. The van der Waals surface area contributed by atoms with E-state index in [-0.39, 0.29) is 28.9 Å². The Kier molecular flexibility index (Phi) is 13.3. The van der Waals surface area contributed by atoms with Gasteiger partial charge in [-0.1, -0.05) is 72.1 Å². The molecular weight excluding hydrogens is 792 g/mol. The fourth-order valence-electron chi connectivity index (χ4n) is 5.27. The first-order valence-corrected chi connectivity index (χ1v) is 18.0. The van der Waals surface area contributed by atoms with Crippen molar-refractivity contribution in [3.05, 3.63) is 126 Å². The molecule has 0 atom stereocenters. The summed E-state index contributed by atoms with van der Waals surface area (Å²) in [6.45, 7) is 3.46. The SMILES string of the molecule is CC(=O)c1ccc(Br)c(CBr)c1.CC(=O)c1ccc(Br)c(COc2ccc3c(c2)C(=O)CCC3)c1.O=C1CCCc2ccc(O)cc21. The zero-order valence-electron chi connectivity index (χ0n) is 26.2. The van der Waals surface area contributed by atoms with Crippen LogP contribution in [0.2, 0.25) is 0 Å². The monoisotopic (exact) mass is 824 g/mol. The number of hydrogen-bond donors (Lipinski definition) is 1. The van der Waals surface area contributed by atoms with Crippen molar-refractivity contribution >= 4 is 70.9 Å². The van der Waals surface area contributed by atoms with E-state index in [4.69, 9.17) is 9.84 Å². The van der Waals surface area contributed by atoms with Gasteiger partial charge in [0.2, 0.25) is 0 Å². The van der Waals surface area contributed by atoms with Gasteiger partial charge in [0.15, 0.2) is 23.1 Å². The third-order valence-corrected chi connectivity index (χ3v) is 10.1. The second kappa shape index (κ2) is 17.1. The Hall–Kier alpha value is -3.40. The van der Waals surface area contributed by atoms with Crippen LogP contribution in [-0.4, -0.2) is 28.2 Å². The molecule has 1 N–H and O–H groups in total. The number of carbonyl (C=O) groups excluding carboxylic acids is 4. The van der Waals surface area contributed by atoms with E-state index in [1.807, 2.05) is 54.6 Å². The number of alkyl halides is 1. The number of benzene rings is 4. The molecule has 0 spiro atoms. The van der Waals surface area contributed by atoms with Gasteiger partial charge in [-0.25, -0.2) is 0 Å². The van der Waals surface area contributed by atoms with E-state index in [0.29, 0.717) is 36.3 Å². The number of rotatable bonds is 6. The summed E-state index contributed by atoms with van der Waals surface area (Å²) in [6.07, 6.45) is 5.02. The highest BCUT2D eigenvalue weighted by Gasteiger charge is 2.18. The van der Waals surface area contributed by atoms with Gasteiger partial charge >= 0.3 is 0 Å². The average Bonchev–Trinajstić information content (AvgIpc) is 3.05. The van der Waals surface area contributed by atoms with Crippen LogP contribution in [-0.2, 0) is 24.8 Å². The van der Waals surface area contributed by atoms with Crippen molar-refractivity contribution in [1.82, 2.24) is 0 Å². The van der Waals surface area contributed by atoms with Gasteiger partial charge in [-0.05, 0) is 105 Å². The predicted octanol–water partition coefficient (Wildman–Crippen LogP) is 10.2. The smallest absolute Gasteiger partial charge is 0.163 e. The Labute approximate surface area is 300 Å². The zero-order chi connectivity index (χ0) is 34.1. The molecule has 47 heavy (non-hydrogen) atoms. The van der Waals surface area contributed by atoms with E-state index in [1.54, 1.807) is 32.0 Å². The lowest BCUT2D eigenvalue weighted by molar-refractivity contribution is 0.0964. The summed E-state index contributed by atoms with van der Waals surface area (Å²) >= 11 is 10.2. The number of ether oxygens (including phenoxy) is 1. The number of phenolic OH excluding ortho intramolecular Hbond substituents is 1. The molecule has 0 amide bonds. The van der Waals surface area contributed by atoms with Crippen molar-refractivity contribution in [3.63, 3.8) is 0 Å². The second-order valence-electron chi connectivity index (χ2n) is 11.4. The molecule has 2 aliphatic carbocycles. The first kappa shape index (κ1) is 36.4. The number of ketones is 4. The summed E-state index contributed by atoms with van der Waals surface area (Å²) < 4.78 is 7.76. The minimum atomic E-state index is 0.0260. The lowest BCUT2D eigenvalue weighted by Gasteiger charge is -2.16. The normalized spacial score (nSPS) is 13.2. The predicted molar refractivity (Wildman–Crippen MR) is 194 cm³/mol. The molecule has 2 aliphatic rings. The highest BCUT2D eigenvalue weighted by molar-refractivity contribution is 9.11. The van der Waals surface area contributed by atoms with Crippen molar-refractivity contribution < 1.29 is 29.0 Å². The van der Waals surface area contributed by atoms with Gasteiger partial charge in [-0.2, -0.15) is 0 Å². The lowest BCUT2D eigenvalue weighted by Crippen LogP contribution is -2.11. The van der Waals surface area contributed by atoms with Crippen LogP contribution >= 0.6 is 47.8 Å². The van der Waals surface area contributed by atoms with Crippen molar-refractivity contribution in [2.75, 3.05) is 0 Å². The Morgan fingerprint density at radius 2 is 1.19 bits per heavy atom. The van der Waals surface area contributed by atoms with Gasteiger partial charge in [0.1, 0.15) is 18.1 Å². The molecule has 244 valence electrons. The van der Waals surface area contributed by atoms with E-state index in [0.717, 1.165) is 73.3 Å². The van der Waals surface area contributed by atoms with Crippen LogP contribution in [0.15, 0.2) is 81.7 Å². The van der Waals surface area contributed by atoms with Gasteiger partial charge in [0.25, 0.3) is 0 Å². The number of Topliss-reactive ketones (excluding diaryl/α,β-unsaturated/α-hetero) is 4. The molecule has 9 heteroatoms. The van der Waals surface area contributed by atoms with E-state index in [1.165, 1.54) is 0 Å². The maximum atomic E-state index is 12.0. The first-order valence-electron chi connectivity index (χ1n) is 15.3. The molecule has 0 bridgehead atoms. The summed E-state index contributed by atoms with van der Waals surface area (Å²) in [4.78, 5) is 45.8. The number of phenols is 1. The van der Waals surface area contributed by atoms with Gasteiger partial charge < -0.3 is 9.84 Å². The third-order valence-electron chi connectivity index (χ3n) is 7.92. The molecule has 4 aromatic rings.